The van der Waals surface area contributed by atoms with Crippen LogP contribution in [0.4, 0.5) is 11.4 Å². The molecule has 1 amide bonds. The van der Waals surface area contributed by atoms with Crippen molar-refractivity contribution in [1.29, 1.82) is 0 Å². The number of nitrogens with zero attached hydrogens (tertiary/aromatic N) is 1. The van der Waals surface area contributed by atoms with Crippen LogP contribution in [-0.2, 0) is 11.2 Å². The number of carbonyl (C=O) groups excluding carboxylic acids is 1. The Labute approximate surface area is 120 Å². The predicted molar refractivity (Wildman–Crippen MR) is 82.1 cm³/mol. The van der Waals surface area contributed by atoms with Gasteiger partial charge in [0, 0.05) is 11.6 Å². The maximum Gasteiger partial charge on any atom is 0.234 e. The van der Waals surface area contributed by atoms with Crippen LogP contribution in [0.3, 0.4) is 0 Å². The van der Waals surface area contributed by atoms with E-state index in [1.165, 1.54) is 5.56 Å². The van der Waals surface area contributed by atoms with Crippen molar-refractivity contribution in [2.75, 3.05) is 4.90 Å². The number of hydrogen-bond acceptors (Lipinski definition) is 1. The van der Waals surface area contributed by atoms with Gasteiger partial charge in [0.05, 0.1) is 5.69 Å². The van der Waals surface area contributed by atoms with Crippen molar-refractivity contribution in [3.05, 3.63) is 60.2 Å². The number of fused-ring (bicyclic) bond motifs is 1. The van der Waals surface area contributed by atoms with Gasteiger partial charge in [-0.05, 0) is 36.6 Å². The molecule has 0 bridgehead atoms. The molecule has 0 N–H and O–H groups in total. The van der Waals surface area contributed by atoms with E-state index in [-0.39, 0.29) is 11.8 Å². The van der Waals surface area contributed by atoms with Crippen LogP contribution >= 0.6 is 0 Å². The fraction of sp³-hybridized carbons (Fsp3) is 0.278. The molecule has 1 aliphatic rings. The molecule has 0 aliphatic carbocycles. The number of para-hydroxylation sites is 2. The lowest BCUT2D eigenvalue weighted by Crippen LogP contribution is -2.38. The van der Waals surface area contributed by atoms with E-state index in [4.69, 9.17) is 0 Å². The zero-order valence-electron chi connectivity index (χ0n) is 11.8. The summed E-state index contributed by atoms with van der Waals surface area (Å²) in [5.41, 5.74) is 3.27. The van der Waals surface area contributed by atoms with Crippen LogP contribution < -0.4 is 4.90 Å². The molecule has 0 aromatic heterocycles. The van der Waals surface area contributed by atoms with Gasteiger partial charge in [0.1, 0.15) is 0 Å². The summed E-state index contributed by atoms with van der Waals surface area (Å²) in [6, 6.07) is 18.2. The Kier molecular flexibility index (Phi) is 3.55. The fourth-order valence-corrected chi connectivity index (χ4v) is 2.97. The van der Waals surface area contributed by atoms with E-state index < -0.39 is 0 Å². The third-order valence-corrected chi connectivity index (χ3v) is 3.92. The van der Waals surface area contributed by atoms with Crippen molar-refractivity contribution in [1.82, 2.24) is 0 Å². The molecule has 0 radical (unpaired) electrons. The minimum absolute atomic E-state index is 0.107. The molecule has 1 atom stereocenters. The van der Waals surface area contributed by atoms with E-state index in [2.05, 4.69) is 19.1 Å². The minimum atomic E-state index is 0.107. The Morgan fingerprint density at radius 3 is 2.50 bits per heavy atom. The highest BCUT2D eigenvalue weighted by Crippen LogP contribution is 2.37. The van der Waals surface area contributed by atoms with E-state index in [9.17, 15) is 4.79 Å². The molecule has 20 heavy (non-hydrogen) atoms. The van der Waals surface area contributed by atoms with E-state index in [0.29, 0.717) is 0 Å². The molecule has 2 aromatic carbocycles. The van der Waals surface area contributed by atoms with Crippen molar-refractivity contribution in [3.8, 4) is 0 Å². The molecular weight excluding hydrogens is 246 g/mol. The largest absolute Gasteiger partial charge is 0.281 e. The highest BCUT2D eigenvalue weighted by atomic mass is 16.2. The lowest BCUT2D eigenvalue weighted by atomic mass is 9.88. The number of benzene rings is 2. The summed E-state index contributed by atoms with van der Waals surface area (Å²) in [5.74, 6) is 0.340. The zero-order chi connectivity index (χ0) is 13.9. The highest BCUT2D eigenvalue weighted by molar-refractivity contribution is 6.04. The summed E-state index contributed by atoms with van der Waals surface area (Å²) in [4.78, 5) is 14.7. The number of amides is 1. The quantitative estimate of drug-likeness (QED) is 0.809. The zero-order valence-corrected chi connectivity index (χ0v) is 11.8. The number of rotatable bonds is 3. The Morgan fingerprint density at radius 1 is 1.05 bits per heavy atom. The van der Waals surface area contributed by atoms with Crippen molar-refractivity contribution < 1.29 is 4.79 Å². The Bertz CT molecular complexity index is 606. The van der Waals surface area contributed by atoms with Gasteiger partial charge in [0.15, 0.2) is 0 Å². The smallest absolute Gasteiger partial charge is 0.234 e. The molecular formula is C18H19NO. The summed E-state index contributed by atoms with van der Waals surface area (Å²) >= 11 is 0. The summed E-state index contributed by atoms with van der Waals surface area (Å²) in [7, 11) is 0. The Morgan fingerprint density at radius 2 is 1.75 bits per heavy atom. The normalized spacial score (nSPS) is 17.9. The van der Waals surface area contributed by atoms with Crippen LogP contribution in [0, 0.1) is 5.92 Å². The molecule has 0 saturated heterocycles. The van der Waals surface area contributed by atoms with Crippen LogP contribution in [0.2, 0.25) is 0 Å². The third kappa shape index (κ3) is 2.22. The maximum absolute atomic E-state index is 12.8. The highest BCUT2D eigenvalue weighted by Gasteiger charge is 2.32. The second-order valence-electron chi connectivity index (χ2n) is 5.33. The van der Waals surface area contributed by atoms with E-state index in [1.807, 2.05) is 47.4 Å². The van der Waals surface area contributed by atoms with Gasteiger partial charge in [-0.15, -0.1) is 0 Å². The van der Waals surface area contributed by atoms with Gasteiger partial charge in [0.2, 0.25) is 5.91 Å². The van der Waals surface area contributed by atoms with Gasteiger partial charge >= 0.3 is 0 Å². The first kappa shape index (κ1) is 12.9. The first-order chi connectivity index (χ1) is 9.81. The van der Waals surface area contributed by atoms with Gasteiger partial charge in [-0.1, -0.05) is 49.7 Å². The number of anilines is 2. The van der Waals surface area contributed by atoms with Crippen LogP contribution in [-0.4, -0.2) is 5.91 Å². The topological polar surface area (TPSA) is 20.3 Å². The first-order valence-corrected chi connectivity index (χ1v) is 7.28. The fourth-order valence-electron chi connectivity index (χ4n) is 2.97. The summed E-state index contributed by atoms with van der Waals surface area (Å²) in [6.07, 6.45) is 2.86. The first-order valence-electron chi connectivity index (χ1n) is 7.28. The molecule has 2 heteroatoms. The van der Waals surface area contributed by atoms with Crippen LogP contribution in [0.25, 0.3) is 0 Å². The van der Waals surface area contributed by atoms with Gasteiger partial charge in [-0.25, -0.2) is 0 Å². The van der Waals surface area contributed by atoms with Gasteiger partial charge in [0.25, 0.3) is 0 Å². The minimum Gasteiger partial charge on any atom is -0.281 e. The molecule has 0 fully saturated rings. The van der Waals surface area contributed by atoms with Crippen LogP contribution in [0.1, 0.15) is 25.3 Å². The van der Waals surface area contributed by atoms with Crippen molar-refractivity contribution in [2.24, 2.45) is 5.92 Å². The van der Waals surface area contributed by atoms with Gasteiger partial charge in [-0.2, -0.15) is 0 Å². The monoisotopic (exact) mass is 265 g/mol. The molecule has 2 nitrogen and oxygen atoms in total. The summed E-state index contributed by atoms with van der Waals surface area (Å²) in [6.45, 7) is 2.14. The van der Waals surface area contributed by atoms with Crippen LogP contribution in [0.5, 0.6) is 0 Å². The summed E-state index contributed by atoms with van der Waals surface area (Å²) < 4.78 is 0. The van der Waals surface area contributed by atoms with Crippen molar-refractivity contribution >= 4 is 17.3 Å². The van der Waals surface area contributed by atoms with Crippen LogP contribution in [0.15, 0.2) is 54.6 Å². The average molecular weight is 265 g/mol. The molecule has 1 heterocycles. The number of carbonyl (C=O) groups is 1. The second kappa shape index (κ2) is 5.49. The van der Waals surface area contributed by atoms with Crippen molar-refractivity contribution in [3.63, 3.8) is 0 Å². The van der Waals surface area contributed by atoms with E-state index in [1.54, 1.807) is 0 Å². The number of hydrogen-bond donors (Lipinski definition) is 0. The average Bonchev–Trinajstić information content (AvgIpc) is 2.49. The van der Waals surface area contributed by atoms with Crippen molar-refractivity contribution in [2.45, 2.75) is 26.2 Å². The lowest BCUT2D eigenvalue weighted by Gasteiger charge is -2.34. The Hall–Kier alpha value is -2.09. The Balaban J connectivity index is 2.08. The lowest BCUT2D eigenvalue weighted by molar-refractivity contribution is -0.122. The van der Waals surface area contributed by atoms with E-state index in [0.717, 1.165) is 30.6 Å². The van der Waals surface area contributed by atoms with Gasteiger partial charge in [-0.3, -0.25) is 9.69 Å². The maximum atomic E-state index is 12.8. The standard InChI is InChI=1S/C18H19NO/c1-2-8-15-13-14-9-6-7-12-17(14)19(18(15)20)16-10-4-3-5-11-16/h3-7,9-12,15H,2,8,13H2,1H3. The third-order valence-electron chi connectivity index (χ3n) is 3.92. The predicted octanol–water partition coefficient (Wildman–Crippen LogP) is 4.32. The molecule has 3 rings (SSSR count). The summed E-state index contributed by atoms with van der Waals surface area (Å²) in [5, 5.41) is 0. The van der Waals surface area contributed by atoms with E-state index >= 15 is 0 Å². The molecule has 2 aromatic rings. The molecule has 1 aliphatic heterocycles. The SMILES string of the molecule is CCCC1Cc2ccccc2N(c2ccccc2)C1=O. The second-order valence-corrected chi connectivity index (χ2v) is 5.33. The molecule has 102 valence electrons. The molecule has 1 unspecified atom stereocenters. The molecule has 0 spiro atoms. The van der Waals surface area contributed by atoms with Gasteiger partial charge < -0.3 is 0 Å². The molecule has 0 saturated carbocycles.